The molecule has 0 spiro atoms. The molecule has 0 saturated carbocycles. The van der Waals surface area contributed by atoms with E-state index in [0.717, 1.165) is 17.5 Å². The molecule has 0 bridgehead atoms. The number of rotatable bonds is 3. The van der Waals surface area contributed by atoms with Crippen molar-refractivity contribution < 1.29 is 19.1 Å². The predicted molar refractivity (Wildman–Crippen MR) is 92.8 cm³/mol. The molecule has 3 rings (SSSR count). The van der Waals surface area contributed by atoms with Crippen LogP contribution in [0.15, 0.2) is 17.2 Å². The first-order valence-electron chi connectivity index (χ1n) is 8.36. The van der Waals surface area contributed by atoms with E-state index in [1.165, 1.54) is 5.01 Å². The highest BCUT2D eigenvalue weighted by Gasteiger charge is 2.33. The van der Waals surface area contributed by atoms with Crippen molar-refractivity contribution in [1.29, 1.82) is 0 Å². The Morgan fingerprint density at radius 1 is 1.16 bits per heavy atom. The molecule has 2 aliphatic heterocycles. The summed E-state index contributed by atoms with van der Waals surface area (Å²) < 4.78 is 10.8. The zero-order chi connectivity index (χ0) is 18.1. The summed E-state index contributed by atoms with van der Waals surface area (Å²) in [6, 6.07) is 3.83. The first kappa shape index (κ1) is 17.3. The molecule has 7 nitrogen and oxygen atoms in total. The number of ether oxygens (including phenoxy) is 2. The van der Waals surface area contributed by atoms with E-state index in [4.69, 9.17) is 9.47 Å². The second-order valence-corrected chi connectivity index (χ2v) is 6.29. The Labute approximate surface area is 147 Å². The number of hydrogen-bond acceptors (Lipinski definition) is 5. The van der Waals surface area contributed by atoms with Gasteiger partial charge in [-0.1, -0.05) is 0 Å². The zero-order valence-corrected chi connectivity index (χ0v) is 15.0. The topological polar surface area (TPSA) is 71.4 Å². The van der Waals surface area contributed by atoms with Gasteiger partial charge in [0.1, 0.15) is 5.71 Å². The molecule has 0 saturated heterocycles. The summed E-state index contributed by atoms with van der Waals surface area (Å²) in [6.45, 7) is 2.61. The van der Waals surface area contributed by atoms with Crippen molar-refractivity contribution >= 4 is 17.5 Å². The van der Waals surface area contributed by atoms with Gasteiger partial charge in [-0.05, 0) is 36.6 Å². The average molecular weight is 345 g/mol. The fourth-order valence-corrected chi connectivity index (χ4v) is 3.41. The molecule has 2 amide bonds. The van der Waals surface area contributed by atoms with Gasteiger partial charge in [0.15, 0.2) is 11.5 Å². The standard InChI is InChI=1S/C18H23N3O4/c1-11-13-10-16(25-4)15(24-3)9-12(13)7-8-21(11)18(23)14-5-6-17(22)20(2)19-14/h9-11H,5-8H2,1-4H3/t11-/m1/s1. The fourth-order valence-electron chi connectivity index (χ4n) is 3.41. The van der Waals surface area contributed by atoms with Crippen LogP contribution in [-0.4, -0.2) is 55.2 Å². The summed E-state index contributed by atoms with van der Waals surface area (Å²) in [6.07, 6.45) is 1.46. The highest BCUT2D eigenvalue weighted by molar-refractivity contribution is 6.39. The number of hydrazone groups is 1. The summed E-state index contributed by atoms with van der Waals surface area (Å²) in [4.78, 5) is 26.3. The number of nitrogens with zero attached hydrogens (tertiary/aromatic N) is 3. The molecular weight excluding hydrogens is 322 g/mol. The van der Waals surface area contributed by atoms with Crippen LogP contribution in [0, 0.1) is 0 Å². The maximum absolute atomic E-state index is 12.9. The minimum Gasteiger partial charge on any atom is -0.493 e. The molecular formula is C18H23N3O4. The van der Waals surface area contributed by atoms with Gasteiger partial charge in [0, 0.05) is 26.4 Å². The Morgan fingerprint density at radius 2 is 1.84 bits per heavy atom. The lowest BCUT2D eigenvalue weighted by Gasteiger charge is -2.36. The zero-order valence-electron chi connectivity index (χ0n) is 15.0. The third-order valence-corrected chi connectivity index (χ3v) is 4.90. The lowest BCUT2D eigenvalue weighted by Crippen LogP contribution is -2.44. The van der Waals surface area contributed by atoms with Crippen molar-refractivity contribution in [3.05, 3.63) is 23.3 Å². The molecule has 2 heterocycles. The molecule has 25 heavy (non-hydrogen) atoms. The van der Waals surface area contributed by atoms with Crippen molar-refractivity contribution in [2.75, 3.05) is 27.8 Å². The summed E-state index contributed by atoms with van der Waals surface area (Å²) in [7, 11) is 4.80. The van der Waals surface area contributed by atoms with Gasteiger partial charge in [-0.2, -0.15) is 5.10 Å². The van der Waals surface area contributed by atoms with Crippen molar-refractivity contribution in [2.24, 2.45) is 5.10 Å². The van der Waals surface area contributed by atoms with E-state index in [1.807, 2.05) is 24.0 Å². The van der Waals surface area contributed by atoms with Gasteiger partial charge in [-0.15, -0.1) is 0 Å². The maximum Gasteiger partial charge on any atom is 0.270 e. The normalized spacial score (nSPS) is 20.1. The number of fused-ring (bicyclic) bond motifs is 1. The number of hydrogen-bond donors (Lipinski definition) is 0. The molecule has 0 fully saturated rings. The molecule has 0 radical (unpaired) electrons. The monoisotopic (exact) mass is 345 g/mol. The number of carbonyl (C=O) groups is 2. The van der Waals surface area contributed by atoms with Crippen LogP contribution >= 0.6 is 0 Å². The molecule has 0 unspecified atom stereocenters. The molecule has 2 aliphatic rings. The molecule has 1 aromatic rings. The van der Waals surface area contributed by atoms with E-state index in [1.54, 1.807) is 21.3 Å². The summed E-state index contributed by atoms with van der Waals surface area (Å²) in [5, 5.41) is 5.41. The van der Waals surface area contributed by atoms with Crippen molar-refractivity contribution in [2.45, 2.75) is 32.2 Å². The number of benzene rings is 1. The van der Waals surface area contributed by atoms with Crippen LogP contribution in [0.2, 0.25) is 0 Å². The minimum absolute atomic E-state index is 0.0644. The molecule has 1 atom stereocenters. The maximum atomic E-state index is 12.9. The van der Waals surface area contributed by atoms with Gasteiger partial charge in [0.25, 0.3) is 5.91 Å². The number of carbonyl (C=O) groups excluding carboxylic acids is 2. The SMILES string of the molecule is COc1cc2c(cc1OC)[C@@H](C)N(C(=O)C1=NN(C)C(=O)CC1)CC2. The highest BCUT2D eigenvalue weighted by atomic mass is 16.5. The smallest absolute Gasteiger partial charge is 0.270 e. The largest absolute Gasteiger partial charge is 0.493 e. The van der Waals surface area contributed by atoms with Gasteiger partial charge in [-0.3, -0.25) is 9.59 Å². The van der Waals surface area contributed by atoms with Crippen LogP contribution in [0.5, 0.6) is 11.5 Å². The molecule has 134 valence electrons. The molecule has 0 aliphatic carbocycles. The third-order valence-electron chi connectivity index (χ3n) is 4.90. The van der Waals surface area contributed by atoms with Crippen LogP contribution in [0.3, 0.4) is 0 Å². The summed E-state index contributed by atoms with van der Waals surface area (Å²) in [5.74, 6) is 1.19. The van der Waals surface area contributed by atoms with Gasteiger partial charge < -0.3 is 14.4 Å². The molecule has 7 heteroatoms. The first-order valence-corrected chi connectivity index (χ1v) is 8.36. The van der Waals surface area contributed by atoms with E-state index in [9.17, 15) is 9.59 Å². The van der Waals surface area contributed by atoms with E-state index < -0.39 is 0 Å². The Hall–Kier alpha value is -2.57. The highest BCUT2D eigenvalue weighted by Crippen LogP contribution is 2.38. The Bertz CT molecular complexity index is 744. The average Bonchev–Trinajstić information content (AvgIpc) is 2.62. The van der Waals surface area contributed by atoms with Crippen LogP contribution in [0.4, 0.5) is 0 Å². The van der Waals surface area contributed by atoms with Gasteiger partial charge >= 0.3 is 0 Å². The van der Waals surface area contributed by atoms with Gasteiger partial charge in [-0.25, -0.2) is 5.01 Å². The van der Waals surface area contributed by atoms with E-state index in [-0.39, 0.29) is 17.9 Å². The van der Waals surface area contributed by atoms with Crippen molar-refractivity contribution in [3.8, 4) is 11.5 Å². The Balaban J connectivity index is 1.88. The third kappa shape index (κ3) is 3.06. The molecule has 1 aromatic carbocycles. The Kier molecular flexibility index (Phi) is 4.65. The van der Waals surface area contributed by atoms with Crippen LogP contribution < -0.4 is 9.47 Å². The van der Waals surface area contributed by atoms with E-state index in [2.05, 4.69) is 5.10 Å². The van der Waals surface area contributed by atoms with Gasteiger partial charge in [0.2, 0.25) is 5.91 Å². The van der Waals surface area contributed by atoms with Crippen LogP contribution in [0.25, 0.3) is 0 Å². The van der Waals surface area contributed by atoms with Crippen molar-refractivity contribution in [1.82, 2.24) is 9.91 Å². The minimum atomic E-state index is -0.104. The number of methoxy groups -OCH3 is 2. The van der Waals surface area contributed by atoms with Crippen molar-refractivity contribution in [3.63, 3.8) is 0 Å². The number of amides is 2. The van der Waals surface area contributed by atoms with Crippen LogP contribution in [-0.2, 0) is 16.0 Å². The van der Waals surface area contributed by atoms with E-state index >= 15 is 0 Å². The Morgan fingerprint density at radius 3 is 2.48 bits per heavy atom. The van der Waals surface area contributed by atoms with E-state index in [0.29, 0.717) is 36.6 Å². The first-order chi connectivity index (χ1) is 12.0. The summed E-state index contributed by atoms with van der Waals surface area (Å²) >= 11 is 0. The predicted octanol–water partition coefficient (Wildman–Crippen LogP) is 1.76. The van der Waals surface area contributed by atoms with Crippen LogP contribution in [0.1, 0.15) is 36.9 Å². The second-order valence-electron chi connectivity index (χ2n) is 6.29. The van der Waals surface area contributed by atoms with Gasteiger partial charge in [0.05, 0.1) is 20.3 Å². The lowest BCUT2D eigenvalue weighted by atomic mass is 9.92. The summed E-state index contributed by atoms with van der Waals surface area (Å²) in [5.41, 5.74) is 2.66. The molecule has 0 N–H and O–H groups in total. The molecule has 0 aromatic heterocycles. The fraction of sp³-hybridized carbons (Fsp3) is 0.500. The quantitative estimate of drug-likeness (QED) is 0.837. The second kappa shape index (κ2) is 6.74. The lowest BCUT2D eigenvalue weighted by molar-refractivity contribution is -0.131.